The minimum Gasteiger partial charge on any atom is -0.354 e. The smallest absolute Gasteiger partial charge is 0.235 e. The van der Waals surface area contributed by atoms with E-state index in [9.17, 15) is 13.2 Å². The normalized spacial score (nSPS) is 16.7. The molecule has 0 radical (unpaired) electrons. The van der Waals surface area contributed by atoms with Crippen LogP contribution in [0.25, 0.3) is 0 Å². The molecule has 2 rings (SSSR count). The van der Waals surface area contributed by atoms with E-state index in [1.54, 1.807) is 0 Å². The summed E-state index contributed by atoms with van der Waals surface area (Å²) in [4.78, 5) is 14.6. The highest BCUT2D eigenvalue weighted by Gasteiger charge is 2.30. The highest BCUT2D eigenvalue weighted by molar-refractivity contribution is 7.92. The predicted molar refractivity (Wildman–Crippen MR) is 106 cm³/mol. The molecule has 1 atom stereocenters. The molecule has 1 N–H and O–H groups in total. The molecular weight excluding hydrogens is 348 g/mol. The second-order valence-electron chi connectivity index (χ2n) is 7.08. The van der Waals surface area contributed by atoms with Gasteiger partial charge in [-0.15, -0.1) is 0 Å². The Kier molecular flexibility index (Phi) is 8.10. The lowest BCUT2D eigenvalue weighted by atomic mass is 10.0. The summed E-state index contributed by atoms with van der Waals surface area (Å²) in [6.07, 6.45) is 4.13. The van der Waals surface area contributed by atoms with Crippen molar-refractivity contribution in [1.29, 1.82) is 0 Å². The van der Waals surface area contributed by atoms with Crippen LogP contribution in [0.15, 0.2) is 30.3 Å². The maximum absolute atomic E-state index is 12.4. The molecule has 0 saturated heterocycles. The molecule has 26 heavy (non-hydrogen) atoms. The molecule has 1 aromatic carbocycles. The van der Waals surface area contributed by atoms with Gasteiger partial charge in [0.05, 0.1) is 5.25 Å². The zero-order valence-electron chi connectivity index (χ0n) is 16.0. The van der Waals surface area contributed by atoms with Gasteiger partial charge in [0.25, 0.3) is 0 Å². The van der Waals surface area contributed by atoms with Crippen LogP contribution >= 0.6 is 0 Å². The molecule has 1 fully saturated rings. The summed E-state index contributed by atoms with van der Waals surface area (Å²) in [5.74, 6) is -0.754. The third-order valence-electron chi connectivity index (χ3n) is 5.32. The van der Waals surface area contributed by atoms with Crippen LogP contribution in [0, 0.1) is 0 Å². The number of hydrogen-bond donors (Lipinski definition) is 1. The van der Waals surface area contributed by atoms with Gasteiger partial charge >= 0.3 is 0 Å². The van der Waals surface area contributed by atoms with Gasteiger partial charge in [-0.2, -0.15) is 0 Å². The Hall–Kier alpha value is -1.40. The van der Waals surface area contributed by atoms with Gasteiger partial charge in [0.1, 0.15) is 5.75 Å². The first-order valence-electron chi connectivity index (χ1n) is 9.72. The Morgan fingerprint density at radius 3 is 2.35 bits per heavy atom. The lowest BCUT2D eigenvalue weighted by molar-refractivity contribution is -0.118. The highest BCUT2D eigenvalue weighted by atomic mass is 32.2. The van der Waals surface area contributed by atoms with Crippen molar-refractivity contribution in [1.82, 2.24) is 10.2 Å². The van der Waals surface area contributed by atoms with E-state index in [0.717, 1.165) is 32.4 Å². The summed E-state index contributed by atoms with van der Waals surface area (Å²) in [6.45, 7) is 6.46. The number of nitrogens with zero attached hydrogens (tertiary/aromatic N) is 1. The van der Waals surface area contributed by atoms with Gasteiger partial charge in [0.15, 0.2) is 9.84 Å². The second kappa shape index (κ2) is 10.1. The van der Waals surface area contributed by atoms with Gasteiger partial charge in [0.2, 0.25) is 5.91 Å². The van der Waals surface area contributed by atoms with Gasteiger partial charge in [0, 0.05) is 12.6 Å². The monoisotopic (exact) mass is 380 g/mol. The van der Waals surface area contributed by atoms with Gasteiger partial charge in [-0.25, -0.2) is 8.42 Å². The molecule has 0 aliphatic heterocycles. The van der Waals surface area contributed by atoms with E-state index in [0.29, 0.717) is 19.4 Å². The predicted octanol–water partition coefficient (Wildman–Crippen LogP) is 2.41. The maximum atomic E-state index is 12.4. The molecule has 5 nitrogen and oxygen atoms in total. The number of nitrogens with one attached hydrogen (secondary N) is 1. The van der Waals surface area contributed by atoms with E-state index < -0.39 is 9.84 Å². The molecule has 0 aromatic heterocycles. The van der Waals surface area contributed by atoms with Crippen molar-refractivity contribution in [3.63, 3.8) is 0 Å². The van der Waals surface area contributed by atoms with Gasteiger partial charge in [-0.3, -0.25) is 9.69 Å². The van der Waals surface area contributed by atoms with E-state index in [1.807, 2.05) is 18.2 Å². The number of rotatable bonds is 10. The number of benzene rings is 1. The van der Waals surface area contributed by atoms with E-state index in [2.05, 4.69) is 36.2 Å². The number of sulfone groups is 1. The quantitative estimate of drug-likeness (QED) is 0.677. The van der Waals surface area contributed by atoms with Crippen LogP contribution in [-0.2, 0) is 21.1 Å². The van der Waals surface area contributed by atoms with Crippen LogP contribution in [0.2, 0.25) is 0 Å². The fraction of sp³-hybridized carbons (Fsp3) is 0.650. The van der Waals surface area contributed by atoms with Crippen molar-refractivity contribution in [3.05, 3.63) is 35.9 Å². The van der Waals surface area contributed by atoms with Crippen molar-refractivity contribution in [2.45, 2.75) is 57.2 Å². The van der Waals surface area contributed by atoms with Crippen LogP contribution < -0.4 is 5.32 Å². The van der Waals surface area contributed by atoms with Crippen molar-refractivity contribution in [3.8, 4) is 0 Å². The Bertz CT molecular complexity index is 651. The summed E-state index contributed by atoms with van der Waals surface area (Å²) in [6, 6.07) is 10.4. The molecule has 0 bridgehead atoms. The minimum atomic E-state index is -3.32. The summed E-state index contributed by atoms with van der Waals surface area (Å²) in [7, 11) is -3.32. The van der Waals surface area contributed by atoms with Crippen LogP contribution in [0.4, 0.5) is 0 Å². The number of amides is 1. The lowest BCUT2D eigenvalue weighted by Crippen LogP contribution is -2.46. The van der Waals surface area contributed by atoms with Crippen LogP contribution in [0.1, 0.15) is 45.1 Å². The zero-order chi connectivity index (χ0) is 19.0. The van der Waals surface area contributed by atoms with E-state index in [-0.39, 0.29) is 23.0 Å². The minimum absolute atomic E-state index is 0.158. The average molecular weight is 381 g/mol. The Morgan fingerprint density at radius 2 is 1.77 bits per heavy atom. The number of carbonyl (C=O) groups excluding carboxylic acids is 1. The van der Waals surface area contributed by atoms with Crippen LogP contribution in [-0.4, -0.2) is 55.9 Å². The van der Waals surface area contributed by atoms with Crippen molar-refractivity contribution >= 4 is 15.7 Å². The molecule has 0 spiro atoms. The molecule has 0 heterocycles. The first-order chi connectivity index (χ1) is 12.5. The second-order valence-corrected chi connectivity index (χ2v) is 9.36. The van der Waals surface area contributed by atoms with Gasteiger partial charge in [-0.05, 0) is 37.9 Å². The summed E-state index contributed by atoms with van der Waals surface area (Å²) < 4.78 is 24.7. The third-order valence-corrected chi connectivity index (χ3v) is 7.47. The third kappa shape index (κ3) is 6.09. The fourth-order valence-electron chi connectivity index (χ4n) is 3.79. The van der Waals surface area contributed by atoms with Crippen LogP contribution in [0.3, 0.4) is 0 Å². The molecule has 6 heteroatoms. The van der Waals surface area contributed by atoms with Crippen LogP contribution in [0.5, 0.6) is 0 Å². The fourth-order valence-corrected chi connectivity index (χ4v) is 5.54. The van der Waals surface area contributed by atoms with Crippen molar-refractivity contribution in [2.24, 2.45) is 0 Å². The zero-order valence-corrected chi connectivity index (χ0v) is 16.8. The number of hydrogen-bond acceptors (Lipinski definition) is 4. The topological polar surface area (TPSA) is 66.5 Å². The Balaban J connectivity index is 1.93. The molecule has 1 amide bonds. The van der Waals surface area contributed by atoms with E-state index in [4.69, 9.17) is 0 Å². The van der Waals surface area contributed by atoms with E-state index in [1.165, 1.54) is 5.56 Å². The lowest BCUT2D eigenvalue weighted by Gasteiger charge is -2.30. The number of likely N-dealkylation sites (N-methyl/N-ethyl adjacent to an activating group) is 1. The average Bonchev–Trinajstić information content (AvgIpc) is 3.17. The summed E-state index contributed by atoms with van der Waals surface area (Å²) >= 11 is 0. The van der Waals surface area contributed by atoms with Crippen molar-refractivity contribution in [2.75, 3.05) is 25.4 Å². The highest BCUT2D eigenvalue weighted by Crippen LogP contribution is 2.25. The number of carbonyl (C=O) groups is 1. The summed E-state index contributed by atoms with van der Waals surface area (Å²) in [5.41, 5.74) is 1.22. The largest absolute Gasteiger partial charge is 0.354 e. The maximum Gasteiger partial charge on any atom is 0.235 e. The first kappa shape index (κ1) is 20.9. The Morgan fingerprint density at radius 1 is 1.15 bits per heavy atom. The van der Waals surface area contributed by atoms with E-state index >= 15 is 0 Å². The molecule has 1 aliphatic carbocycles. The molecule has 1 unspecified atom stereocenters. The molecule has 1 saturated carbocycles. The summed E-state index contributed by atoms with van der Waals surface area (Å²) in [5, 5.41) is 2.55. The molecule has 146 valence electrons. The van der Waals surface area contributed by atoms with Crippen molar-refractivity contribution < 1.29 is 13.2 Å². The standard InChI is InChI=1S/C20H32N2O3S/c1-3-22(4-2)18(14-17-10-6-5-7-11-17)15-21-20(23)16-26(24,25)19-12-8-9-13-19/h5-7,10-11,18-19H,3-4,8-9,12-16H2,1-2H3,(H,21,23). The Labute approximate surface area is 158 Å². The molecule has 1 aromatic rings. The SMILES string of the molecule is CCN(CC)C(CNC(=O)CS(=O)(=O)C1CCCC1)Cc1ccccc1. The molecule has 1 aliphatic rings. The first-order valence-corrected chi connectivity index (χ1v) is 11.4. The van der Waals surface area contributed by atoms with Gasteiger partial charge in [-0.1, -0.05) is 57.0 Å². The van der Waals surface area contributed by atoms with Gasteiger partial charge < -0.3 is 5.32 Å². The molecular formula is C20H32N2O3S.